The monoisotopic (exact) mass is 200 g/mol. The molecule has 1 rings (SSSR count). The van der Waals surface area contributed by atoms with E-state index in [1.165, 1.54) is 6.20 Å². The fourth-order valence-corrected chi connectivity index (χ4v) is 1.31. The Labute approximate surface area is 82.3 Å². The van der Waals surface area contributed by atoms with Crippen molar-refractivity contribution in [1.82, 2.24) is 9.78 Å². The molecule has 1 heterocycles. The molecule has 0 unspecified atom stereocenters. The van der Waals surface area contributed by atoms with Crippen LogP contribution in [0.1, 0.15) is 24.2 Å². The lowest BCUT2D eigenvalue weighted by atomic mass is 10.4. The molecule has 0 spiro atoms. The van der Waals surface area contributed by atoms with E-state index in [1.807, 2.05) is 6.92 Å². The average Bonchev–Trinajstić information content (AvgIpc) is 2.47. The molecule has 4 nitrogen and oxygen atoms in total. The number of rotatable bonds is 3. The van der Waals surface area contributed by atoms with Gasteiger partial charge in [0, 0.05) is 6.54 Å². The molecule has 0 fully saturated rings. The average molecular weight is 200 g/mol. The van der Waals surface area contributed by atoms with Crippen molar-refractivity contribution in [2.24, 2.45) is 0 Å². The molecule has 13 heavy (non-hydrogen) atoms. The van der Waals surface area contributed by atoms with Gasteiger partial charge in [0.25, 0.3) is 0 Å². The SMILES string of the molecule is CCOC(=O)c1cnn(CC)c1S. The summed E-state index contributed by atoms with van der Waals surface area (Å²) in [7, 11) is 0. The van der Waals surface area contributed by atoms with E-state index >= 15 is 0 Å². The first kappa shape index (κ1) is 10.1. The van der Waals surface area contributed by atoms with Gasteiger partial charge in [0.15, 0.2) is 0 Å². The Morgan fingerprint density at radius 2 is 2.38 bits per heavy atom. The minimum atomic E-state index is -0.368. The van der Waals surface area contributed by atoms with Crippen LogP contribution in [0.2, 0.25) is 0 Å². The highest BCUT2D eigenvalue weighted by atomic mass is 32.1. The van der Waals surface area contributed by atoms with Crippen molar-refractivity contribution in [1.29, 1.82) is 0 Å². The van der Waals surface area contributed by atoms with Gasteiger partial charge in [-0.2, -0.15) is 5.10 Å². The van der Waals surface area contributed by atoms with Crippen molar-refractivity contribution < 1.29 is 9.53 Å². The minimum absolute atomic E-state index is 0.364. The second-order valence-electron chi connectivity index (χ2n) is 2.42. The highest BCUT2D eigenvalue weighted by Crippen LogP contribution is 2.13. The van der Waals surface area contributed by atoms with E-state index in [-0.39, 0.29) is 5.97 Å². The van der Waals surface area contributed by atoms with Crippen LogP contribution >= 0.6 is 12.6 Å². The van der Waals surface area contributed by atoms with Crippen LogP contribution in [0, 0.1) is 0 Å². The molecule has 5 heteroatoms. The predicted molar refractivity (Wildman–Crippen MR) is 51.1 cm³/mol. The number of hydrogen-bond acceptors (Lipinski definition) is 4. The molecule has 0 saturated heterocycles. The van der Waals surface area contributed by atoms with Gasteiger partial charge in [-0.3, -0.25) is 4.68 Å². The minimum Gasteiger partial charge on any atom is -0.462 e. The van der Waals surface area contributed by atoms with Crippen LogP contribution in [0.4, 0.5) is 0 Å². The van der Waals surface area contributed by atoms with Crippen LogP contribution in [-0.4, -0.2) is 22.4 Å². The summed E-state index contributed by atoms with van der Waals surface area (Å²) in [4.78, 5) is 11.3. The quantitative estimate of drug-likeness (QED) is 0.592. The summed E-state index contributed by atoms with van der Waals surface area (Å²) in [5, 5.41) is 4.53. The van der Waals surface area contributed by atoms with Gasteiger partial charge in [0.05, 0.1) is 12.8 Å². The Kier molecular flexibility index (Phi) is 3.36. The van der Waals surface area contributed by atoms with E-state index in [2.05, 4.69) is 17.7 Å². The molecule has 0 atom stereocenters. The van der Waals surface area contributed by atoms with Crippen molar-refractivity contribution >= 4 is 18.6 Å². The number of carbonyl (C=O) groups excluding carboxylic acids is 1. The standard InChI is InChI=1S/C8H12N2O2S/c1-3-10-7(13)6(5-9-10)8(11)12-4-2/h5,13H,3-4H2,1-2H3. The van der Waals surface area contributed by atoms with E-state index in [9.17, 15) is 4.79 Å². The number of carbonyl (C=O) groups is 1. The third-order valence-corrected chi connectivity index (χ3v) is 2.08. The summed E-state index contributed by atoms with van der Waals surface area (Å²) in [6, 6.07) is 0. The zero-order chi connectivity index (χ0) is 9.84. The van der Waals surface area contributed by atoms with E-state index in [0.717, 1.165) is 0 Å². The zero-order valence-electron chi connectivity index (χ0n) is 7.65. The number of esters is 1. The molecule has 0 aromatic carbocycles. The Balaban J connectivity index is 2.89. The number of aryl methyl sites for hydroxylation is 1. The molecule has 0 aliphatic carbocycles. The molecule has 1 aromatic rings. The van der Waals surface area contributed by atoms with Crippen LogP contribution in [0.5, 0.6) is 0 Å². The lowest BCUT2D eigenvalue weighted by Gasteiger charge is -2.00. The summed E-state index contributed by atoms with van der Waals surface area (Å²) >= 11 is 4.17. The van der Waals surface area contributed by atoms with Crippen LogP contribution in [0.15, 0.2) is 11.2 Å². The van der Waals surface area contributed by atoms with Crippen molar-refractivity contribution in [3.05, 3.63) is 11.8 Å². The van der Waals surface area contributed by atoms with Gasteiger partial charge in [0.2, 0.25) is 0 Å². The van der Waals surface area contributed by atoms with E-state index < -0.39 is 0 Å². The lowest BCUT2D eigenvalue weighted by molar-refractivity contribution is 0.0522. The number of thiol groups is 1. The van der Waals surface area contributed by atoms with Gasteiger partial charge >= 0.3 is 5.97 Å². The Morgan fingerprint density at radius 1 is 1.69 bits per heavy atom. The third-order valence-electron chi connectivity index (χ3n) is 1.61. The summed E-state index contributed by atoms with van der Waals surface area (Å²) in [6.07, 6.45) is 1.48. The first-order valence-corrected chi connectivity index (χ1v) is 4.57. The van der Waals surface area contributed by atoms with Crippen LogP contribution in [-0.2, 0) is 11.3 Å². The highest BCUT2D eigenvalue weighted by molar-refractivity contribution is 7.80. The summed E-state index contributed by atoms with van der Waals surface area (Å²) in [5.41, 5.74) is 0.423. The second-order valence-corrected chi connectivity index (χ2v) is 2.84. The molecule has 0 bridgehead atoms. The Morgan fingerprint density at radius 3 is 2.85 bits per heavy atom. The van der Waals surface area contributed by atoms with Crippen LogP contribution in [0.25, 0.3) is 0 Å². The first-order chi connectivity index (χ1) is 6.20. The number of ether oxygens (including phenoxy) is 1. The third kappa shape index (κ3) is 2.03. The number of nitrogens with zero attached hydrogens (tertiary/aromatic N) is 2. The van der Waals surface area contributed by atoms with Crippen molar-refractivity contribution in [3.8, 4) is 0 Å². The van der Waals surface area contributed by atoms with Gasteiger partial charge < -0.3 is 4.74 Å². The van der Waals surface area contributed by atoms with Gasteiger partial charge in [-0.1, -0.05) is 0 Å². The largest absolute Gasteiger partial charge is 0.462 e. The Bertz CT molecular complexity index is 309. The highest BCUT2D eigenvalue weighted by Gasteiger charge is 2.14. The van der Waals surface area contributed by atoms with Crippen molar-refractivity contribution in [2.75, 3.05) is 6.61 Å². The predicted octanol–water partition coefficient (Wildman–Crippen LogP) is 1.37. The lowest BCUT2D eigenvalue weighted by Crippen LogP contribution is -2.05. The van der Waals surface area contributed by atoms with E-state index in [0.29, 0.717) is 23.7 Å². The van der Waals surface area contributed by atoms with Crippen molar-refractivity contribution in [3.63, 3.8) is 0 Å². The maximum atomic E-state index is 11.3. The molecule has 0 N–H and O–H groups in total. The first-order valence-electron chi connectivity index (χ1n) is 4.12. The van der Waals surface area contributed by atoms with Gasteiger partial charge in [-0.25, -0.2) is 4.79 Å². The molecule has 72 valence electrons. The number of hydrogen-bond donors (Lipinski definition) is 1. The van der Waals surface area contributed by atoms with E-state index in [4.69, 9.17) is 4.74 Å². The van der Waals surface area contributed by atoms with Gasteiger partial charge in [-0.15, -0.1) is 12.6 Å². The zero-order valence-corrected chi connectivity index (χ0v) is 8.54. The number of aromatic nitrogens is 2. The normalized spacial score (nSPS) is 10.1. The molecule has 0 aliphatic rings. The molecule has 0 radical (unpaired) electrons. The molecular formula is C8H12N2O2S. The van der Waals surface area contributed by atoms with E-state index in [1.54, 1.807) is 11.6 Å². The molecule has 1 aromatic heterocycles. The molecule has 0 amide bonds. The summed E-state index contributed by atoms with van der Waals surface area (Å²) in [6.45, 7) is 4.75. The maximum Gasteiger partial charge on any atom is 0.342 e. The topological polar surface area (TPSA) is 44.1 Å². The fraction of sp³-hybridized carbons (Fsp3) is 0.500. The molecular weight excluding hydrogens is 188 g/mol. The Hall–Kier alpha value is -0.970. The second kappa shape index (κ2) is 4.32. The molecule has 0 saturated carbocycles. The van der Waals surface area contributed by atoms with Gasteiger partial charge in [-0.05, 0) is 13.8 Å². The van der Waals surface area contributed by atoms with Crippen molar-refractivity contribution in [2.45, 2.75) is 25.4 Å². The maximum absolute atomic E-state index is 11.3. The molecule has 0 aliphatic heterocycles. The summed E-state index contributed by atoms with van der Waals surface area (Å²) in [5.74, 6) is -0.368. The van der Waals surface area contributed by atoms with Gasteiger partial charge in [0.1, 0.15) is 10.6 Å². The van der Waals surface area contributed by atoms with Crippen LogP contribution in [0.3, 0.4) is 0 Å². The fourth-order valence-electron chi connectivity index (χ4n) is 0.963. The smallest absolute Gasteiger partial charge is 0.342 e. The summed E-state index contributed by atoms with van der Waals surface area (Å²) < 4.78 is 6.46. The van der Waals surface area contributed by atoms with Crippen LogP contribution < -0.4 is 0 Å².